The van der Waals surface area contributed by atoms with E-state index in [1.807, 2.05) is 24.8 Å². The van der Waals surface area contributed by atoms with Crippen LogP contribution in [0.2, 0.25) is 5.02 Å². The number of anilines is 1. The maximum absolute atomic E-state index is 6.26. The van der Waals surface area contributed by atoms with Crippen LogP contribution in [0.1, 0.15) is 48.4 Å². The highest BCUT2D eigenvalue weighted by Crippen LogP contribution is 2.40. The Kier molecular flexibility index (Phi) is 7.73. The number of imidazole rings is 1. The second-order valence-electron chi connectivity index (χ2n) is 10.0. The SMILES string of the molecule is COc1cc(N2CCN3[C@@H](CCC[C@@H]3c3ccc(OCCCn4ccnc4)c(C)c3C)C2)ccc1Cl. The van der Waals surface area contributed by atoms with Crippen LogP contribution in [-0.2, 0) is 6.54 Å². The molecule has 0 aliphatic carbocycles. The molecule has 2 aromatic carbocycles. The van der Waals surface area contributed by atoms with E-state index in [0.717, 1.165) is 44.1 Å². The zero-order valence-corrected chi connectivity index (χ0v) is 22.4. The second kappa shape index (κ2) is 11.1. The molecule has 2 fully saturated rings. The number of methoxy groups -OCH3 is 1. The maximum atomic E-state index is 6.26. The van der Waals surface area contributed by atoms with Crippen LogP contribution in [0, 0.1) is 13.8 Å². The topological polar surface area (TPSA) is 42.8 Å². The summed E-state index contributed by atoms with van der Waals surface area (Å²) in [5, 5.41) is 0.661. The fraction of sp³-hybridized carbons (Fsp3) is 0.483. The van der Waals surface area contributed by atoms with Crippen LogP contribution >= 0.6 is 11.6 Å². The summed E-state index contributed by atoms with van der Waals surface area (Å²) in [5.74, 6) is 1.75. The van der Waals surface area contributed by atoms with Crippen LogP contribution in [0.3, 0.4) is 0 Å². The number of benzene rings is 2. The fourth-order valence-corrected chi connectivity index (χ4v) is 6.04. The molecule has 2 aliphatic heterocycles. The van der Waals surface area contributed by atoms with E-state index in [-0.39, 0.29) is 0 Å². The number of nitrogens with zero attached hydrogens (tertiary/aromatic N) is 4. The van der Waals surface area contributed by atoms with Crippen molar-refractivity contribution in [1.29, 1.82) is 0 Å². The molecule has 6 nitrogen and oxygen atoms in total. The summed E-state index contributed by atoms with van der Waals surface area (Å²) < 4.78 is 13.7. The number of rotatable bonds is 8. The molecule has 2 atom stereocenters. The highest BCUT2D eigenvalue weighted by atomic mass is 35.5. The van der Waals surface area contributed by atoms with Crippen molar-refractivity contribution in [3.05, 3.63) is 70.8 Å². The normalized spacial score (nSPS) is 20.3. The quantitative estimate of drug-likeness (QED) is 0.347. The van der Waals surface area contributed by atoms with Gasteiger partial charge in [0.25, 0.3) is 0 Å². The van der Waals surface area contributed by atoms with Gasteiger partial charge in [-0.2, -0.15) is 0 Å². The predicted molar refractivity (Wildman–Crippen MR) is 146 cm³/mol. The number of halogens is 1. The van der Waals surface area contributed by atoms with Gasteiger partial charge in [-0.15, -0.1) is 0 Å². The number of ether oxygens (including phenoxy) is 2. The number of piperazine rings is 1. The summed E-state index contributed by atoms with van der Waals surface area (Å²) in [6, 6.07) is 11.7. The third-order valence-electron chi connectivity index (χ3n) is 7.96. The molecule has 192 valence electrons. The Morgan fingerprint density at radius 3 is 2.75 bits per heavy atom. The lowest BCUT2D eigenvalue weighted by Gasteiger charge is -2.49. The third kappa shape index (κ3) is 5.21. The van der Waals surface area contributed by atoms with Crippen LogP contribution < -0.4 is 14.4 Å². The Bertz CT molecular complexity index is 1170. The van der Waals surface area contributed by atoms with Crippen molar-refractivity contribution in [3.63, 3.8) is 0 Å². The van der Waals surface area contributed by atoms with Gasteiger partial charge in [-0.25, -0.2) is 4.98 Å². The van der Waals surface area contributed by atoms with Gasteiger partial charge in [-0.05, 0) is 74.4 Å². The smallest absolute Gasteiger partial charge is 0.139 e. The lowest BCUT2D eigenvalue weighted by Crippen LogP contribution is -2.56. The van der Waals surface area contributed by atoms with Crippen LogP contribution in [-0.4, -0.2) is 53.8 Å². The Morgan fingerprint density at radius 2 is 1.94 bits per heavy atom. The highest BCUT2D eigenvalue weighted by molar-refractivity contribution is 6.32. The van der Waals surface area contributed by atoms with Gasteiger partial charge in [-0.3, -0.25) is 4.90 Å². The molecular formula is C29H37ClN4O2. The standard InChI is InChI=1S/C29H37ClN4O2/c1-21-22(2)28(36-17-5-13-32-14-12-31-20-32)11-9-25(21)27-7-4-6-24-19-33(15-16-34(24)27)23-8-10-26(30)29(18-23)35-3/h8-12,14,18,20,24,27H,4-7,13,15-17,19H2,1-3H3/t24-,27+/m0/s1. The number of aryl methyl sites for hydroxylation is 1. The predicted octanol–water partition coefficient (Wildman–Crippen LogP) is 6.05. The van der Waals surface area contributed by atoms with Gasteiger partial charge < -0.3 is 18.9 Å². The van der Waals surface area contributed by atoms with Gasteiger partial charge in [0.1, 0.15) is 11.5 Å². The van der Waals surface area contributed by atoms with E-state index in [4.69, 9.17) is 21.1 Å². The lowest BCUT2D eigenvalue weighted by atomic mass is 9.86. The molecule has 3 heterocycles. The van der Waals surface area contributed by atoms with Gasteiger partial charge in [-0.1, -0.05) is 17.7 Å². The van der Waals surface area contributed by atoms with Crippen molar-refractivity contribution < 1.29 is 9.47 Å². The Hall–Kier alpha value is -2.70. The van der Waals surface area contributed by atoms with E-state index in [0.29, 0.717) is 23.7 Å². The monoisotopic (exact) mass is 508 g/mol. The molecule has 0 unspecified atom stereocenters. The summed E-state index contributed by atoms with van der Waals surface area (Å²) in [5.41, 5.74) is 5.30. The molecule has 2 aliphatic rings. The van der Waals surface area contributed by atoms with Crippen molar-refractivity contribution in [3.8, 4) is 11.5 Å². The molecule has 0 N–H and O–H groups in total. The second-order valence-corrected chi connectivity index (χ2v) is 10.4. The van der Waals surface area contributed by atoms with Crippen molar-refractivity contribution in [2.24, 2.45) is 0 Å². The van der Waals surface area contributed by atoms with E-state index in [1.54, 1.807) is 7.11 Å². The molecule has 0 bridgehead atoms. The molecule has 3 aromatic rings. The first-order valence-corrected chi connectivity index (χ1v) is 13.5. The molecule has 36 heavy (non-hydrogen) atoms. The summed E-state index contributed by atoms with van der Waals surface area (Å²) >= 11 is 6.26. The first-order valence-electron chi connectivity index (χ1n) is 13.1. The van der Waals surface area contributed by atoms with Crippen LogP contribution in [0.15, 0.2) is 49.1 Å². The fourth-order valence-electron chi connectivity index (χ4n) is 5.85. The number of hydrogen-bond donors (Lipinski definition) is 0. The van der Waals surface area contributed by atoms with E-state index >= 15 is 0 Å². The summed E-state index contributed by atoms with van der Waals surface area (Å²) in [6.07, 6.45) is 10.4. The van der Waals surface area contributed by atoms with Crippen molar-refractivity contribution in [2.75, 3.05) is 38.3 Å². The first-order chi connectivity index (χ1) is 17.5. The van der Waals surface area contributed by atoms with E-state index in [2.05, 4.69) is 57.5 Å². The number of hydrogen-bond acceptors (Lipinski definition) is 5. The zero-order valence-electron chi connectivity index (χ0n) is 21.6. The van der Waals surface area contributed by atoms with Crippen molar-refractivity contribution in [1.82, 2.24) is 14.5 Å². The lowest BCUT2D eigenvalue weighted by molar-refractivity contribution is 0.0712. The minimum Gasteiger partial charge on any atom is -0.495 e. The number of fused-ring (bicyclic) bond motifs is 1. The van der Waals surface area contributed by atoms with Crippen molar-refractivity contribution in [2.45, 2.75) is 58.2 Å². The summed E-state index contributed by atoms with van der Waals surface area (Å²) in [7, 11) is 1.68. The average Bonchev–Trinajstić information content (AvgIpc) is 3.42. The molecule has 2 saturated heterocycles. The van der Waals surface area contributed by atoms with Crippen molar-refractivity contribution >= 4 is 17.3 Å². The van der Waals surface area contributed by atoms with Gasteiger partial charge in [0.15, 0.2) is 0 Å². The van der Waals surface area contributed by atoms with E-state index < -0.39 is 0 Å². The zero-order chi connectivity index (χ0) is 25.1. The number of piperidine rings is 1. The molecule has 1 aromatic heterocycles. The van der Waals surface area contributed by atoms with Gasteiger partial charge in [0, 0.05) is 62.4 Å². The molecule has 0 radical (unpaired) electrons. The van der Waals surface area contributed by atoms with Gasteiger partial charge >= 0.3 is 0 Å². The average molecular weight is 509 g/mol. The van der Waals surface area contributed by atoms with E-state index in [1.165, 1.54) is 41.6 Å². The largest absolute Gasteiger partial charge is 0.495 e. The molecule has 5 rings (SSSR count). The molecule has 0 amide bonds. The molecule has 0 spiro atoms. The maximum Gasteiger partial charge on any atom is 0.139 e. The first kappa shape index (κ1) is 25.0. The molecule has 0 saturated carbocycles. The molecular weight excluding hydrogens is 472 g/mol. The summed E-state index contributed by atoms with van der Waals surface area (Å²) in [4.78, 5) is 9.34. The Labute approximate surface area is 219 Å². The van der Waals surface area contributed by atoms with Gasteiger partial charge in [0.05, 0.1) is 25.1 Å². The summed E-state index contributed by atoms with van der Waals surface area (Å²) in [6.45, 7) is 9.21. The van der Waals surface area contributed by atoms with Crippen LogP contribution in [0.4, 0.5) is 5.69 Å². The van der Waals surface area contributed by atoms with E-state index in [9.17, 15) is 0 Å². The third-order valence-corrected chi connectivity index (χ3v) is 8.27. The number of aromatic nitrogens is 2. The minimum atomic E-state index is 0.472. The highest BCUT2D eigenvalue weighted by Gasteiger charge is 2.36. The molecule has 7 heteroatoms. The Morgan fingerprint density at radius 1 is 1.06 bits per heavy atom. The van der Waals surface area contributed by atoms with Gasteiger partial charge in [0.2, 0.25) is 0 Å². The minimum absolute atomic E-state index is 0.472. The van der Waals surface area contributed by atoms with Crippen LogP contribution in [0.25, 0.3) is 0 Å². The Balaban J connectivity index is 1.25. The van der Waals surface area contributed by atoms with Crippen LogP contribution in [0.5, 0.6) is 11.5 Å².